The van der Waals surface area contributed by atoms with Crippen LogP contribution in [0.1, 0.15) is 28.5 Å². The van der Waals surface area contributed by atoms with Crippen molar-refractivity contribution in [2.75, 3.05) is 17.2 Å². The summed E-state index contributed by atoms with van der Waals surface area (Å²) in [5.41, 5.74) is 5.64. The summed E-state index contributed by atoms with van der Waals surface area (Å²) in [5.74, 6) is -0.203. The van der Waals surface area contributed by atoms with Gasteiger partial charge in [0.25, 0.3) is 5.91 Å². The minimum atomic E-state index is -0.203. The first-order valence-electron chi connectivity index (χ1n) is 9.89. The summed E-state index contributed by atoms with van der Waals surface area (Å²) in [6.45, 7) is 2.84. The molecule has 0 spiro atoms. The minimum absolute atomic E-state index is 0.203. The van der Waals surface area contributed by atoms with E-state index in [1.807, 2.05) is 36.4 Å². The van der Waals surface area contributed by atoms with Gasteiger partial charge in [-0.2, -0.15) is 0 Å². The summed E-state index contributed by atoms with van der Waals surface area (Å²) < 4.78 is 0. The van der Waals surface area contributed by atoms with E-state index in [4.69, 9.17) is 0 Å². The molecule has 0 radical (unpaired) electrons. The van der Waals surface area contributed by atoms with Crippen LogP contribution in [0.3, 0.4) is 0 Å². The molecular formula is C24H24N4O. The van der Waals surface area contributed by atoms with Crippen LogP contribution in [0.2, 0.25) is 0 Å². The Hall–Kier alpha value is -3.60. The van der Waals surface area contributed by atoms with Crippen molar-refractivity contribution in [2.45, 2.75) is 19.8 Å². The Morgan fingerprint density at radius 1 is 1.03 bits per heavy atom. The summed E-state index contributed by atoms with van der Waals surface area (Å²) in [4.78, 5) is 20.2. The predicted octanol–water partition coefficient (Wildman–Crippen LogP) is 5.03. The van der Waals surface area contributed by atoms with Gasteiger partial charge >= 0.3 is 0 Å². The molecule has 3 N–H and O–H groups in total. The summed E-state index contributed by atoms with van der Waals surface area (Å²) in [6.07, 6.45) is 5.47. The summed E-state index contributed by atoms with van der Waals surface area (Å²) in [6, 6.07) is 19.8. The van der Waals surface area contributed by atoms with Crippen molar-refractivity contribution in [3.05, 3.63) is 89.9 Å². The van der Waals surface area contributed by atoms with Crippen LogP contribution in [0, 0.1) is 0 Å². The number of nitrogens with zero attached hydrogens (tertiary/aromatic N) is 1. The summed E-state index contributed by atoms with van der Waals surface area (Å²) >= 11 is 0. The van der Waals surface area contributed by atoms with Gasteiger partial charge in [0, 0.05) is 41.2 Å². The van der Waals surface area contributed by atoms with Crippen LogP contribution in [-0.2, 0) is 12.8 Å². The molecule has 2 aromatic carbocycles. The lowest BCUT2D eigenvalue weighted by molar-refractivity contribution is 0.102. The molecule has 0 atom stereocenters. The Morgan fingerprint density at radius 2 is 1.86 bits per heavy atom. The molecule has 0 aliphatic heterocycles. The highest BCUT2D eigenvalue weighted by molar-refractivity contribution is 6.03. The van der Waals surface area contributed by atoms with E-state index in [9.17, 15) is 4.79 Å². The van der Waals surface area contributed by atoms with Gasteiger partial charge < -0.3 is 15.6 Å². The summed E-state index contributed by atoms with van der Waals surface area (Å²) in [7, 11) is 0. The second kappa shape index (κ2) is 8.61. The van der Waals surface area contributed by atoms with Gasteiger partial charge in [-0.3, -0.25) is 9.78 Å². The van der Waals surface area contributed by atoms with E-state index in [0.29, 0.717) is 5.69 Å². The average molecular weight is 384 g/mol. The molecule has 0 fully saturated rings. The second-order valence-electron chi connectivity index (χ2n) is 6.93. The first-order chi connectivity index (χ1) is 14.2. The quantitative estimate of drug-likeness (QED) is 0.418. The normalized spacial score (nSPS) is 10.8. The Morgan fingerprint density at radius 3 is 2.76 bits per heavy atom. The van der Waals surface area contributed by atoms with E-state index in [0.717, 1.165) is 41.8 Å². The van der Waals surface area contributed by atoms with E-state index in [-0.39, 0.29) is 5.91 Å². The number of benzene rings is 2. The molecule has 5 nitrogen and oxygen atoms in total. The number of hydrogen-bond acceptors (Lipinski definition) is 3. The van der Waals surface area contributed by atoms with E-state index < -0.39 is 0 Å². The number of aromatic amines is 1. The van der Waals surface area contributed by atoms with Gasteiger partial charge in [-0.25, -0.2) is 0 Å². The maximum atomic E-state index is 12.6. The molecule has 1 amide bonds. The van der Waals surface area contributed by atoms with Crippen LogP contribution in [-0.4, -0.2) is 22.4 Å². The Labute approximate surface area is 170 Å². The molecule has 146 valence electrons. The van der Waals surface area contributed by atoms with E-state index in [1.165, 1.54) is 10.9 Å². The van der Waals surface area contributed by atoms with Crippen molar-refractivity contribution in [1.29, 1.82) is 0 Å². The third kappa shape index (κ3) is 4.29. The standard InChI is InChI=1S/C24H24N4O/c1-2-17-7-3-5-9-21(17)28-24(29)23-15-19(12-14-26-23)25-13-11-18-16-27-22-10-6-4-8-20(18)22/h3-10,12,14-16,27H,2,11,13H2,1H3,(H,25,26)(H,28,29). The molecule has 2 heterocycles. The zero-order chi connectivity index (χ0) is 20.1. The Kier molecular flexibility index (Phi) is 5.56. The van der Waals surface area contributed by atoms with E-state index in [2.05, 4.69) is 51.9 Å². The molecule has 0 aliphatic carbocycles. The SMILES string of the molecule is CCc1ccccc1NC(=O)c1cc(NCCc2c[nH]c3ccccc23)ccn1. The van der Waals surface area contributed by atoms with Crippen molar-refractivity contribution < 1.29 is 4.79 Å². The number of nitrogens with one attached hydrogen (secondary N) is 3. The van der Waals surface area contributed by atoms with Gasteiger partial charge in [-0.15, -0.1) is 0 Å². The number of H-pyrrole nitrogens is 1. The van der Waals surface area contributed by atoms with Crippen LogP contribution in [0.4, 0.5) is 11.4 Å². The Bertz CT molecular complexity index is 1130. The van der Waals surface area contributed by atoms with Crippen molar-refractivity contribution in [3.8, 4) is 0 Å². The first kappa shape index (κ1) is 18.7. The number of aryl methyl sites for hydroxylation is 1. The number of hydrogen-bond donors (Lipinski definition) is 3. The number of carbonyl (C=O) groups excluding carboxylic acids is 1. The smallest absolute Gasteiger partial charge is 0.274 e. The molecular weight excluding hydrogens is 360 g/mol. The highest BCUT2D eigenvalue weighted by Crippen LogP contribution is 2.19. The van der Waals surface area contributed by atoms with Crippen LogP contribution < -0.4 is 10.6 Å². The zero-order valence-corrected chi connectivity index (χ0v) is 16.4. The third-order valence-electron chi connectivity index (χ3n) is 5.04. The number of carbonyl (C=O) groups is 1. The maximum Gasteiger partial charge on any atom is 0.274 e. The Balaban J connectivity index is 1.40. The molecule has 0 bridgehead atoms. The number of para-hydroxylation sites is 2. The van der Waals surface area contributed by atoms with Crippen LogP contribution in [0.5, 0.6) is 0 Å². The van der Waals surface area contributed by atoms with Crippen LogP contribution in [0.15, 0.2) is 73.1 Å². The van der Waals surface area contributed by atoms with Gasteiger partial charge in [0.15, 0.2) is 0 Å². The number of fused-ring (bicyclic) bond motifs is 1. The van der Waals surface area contributed by atoms with Gasteiger partial charge in [0.2, 0.25) is 0 Å². The number of amides is 1. The highest BCUT2D eigenvalue weighted by Gasteiger charge is 2.10. The molecule has 4 aromatic rings. The van der Waals surface area contributed by atoms with Gasteiger partial charge in [-0.1, -0.05) is 43.3 Å². The van der Waals surface area contributed by atoms with E-state index in [1.54, 1.807) is 12.3 Å². The highest BCUT2D eigenvalue weighted by atomic mass is 16.1. The average Bonchev–Trinajstić information content (AvgIpc) is 3.17. The van der Waals surface area contributed by atoms with Gasteiger partial charge in [-0.05, 0) is 48.2 Å². The number of pyridine rings is 1. The number of anilines is 2. The predicted molar refractivity (Wildman–Crippen MR) is 119 cm³/mol. The maximum absolute atomic E-state index is 12.6. The topological polar surface area (TPSA) is 69.8 Å². The van der Waals surface area contributed by atoms with Gasteiger partial charge in [0.05, 0.1) is 0 Å². The van der Waals surface area contributed by atoms with E-state index >= 15 is 0 Å². The number of rotatable bonds is 7. The molecule has 0 saturated carbocycles. The second-order valence-corrected chi connectivity index (χ2v) is 6.93. The fraction of sp³-hybridized carbons (Fsp3) is 0.167. The molecule has 0 unspecified atom stereocenters. The fourth-order valence-corrected chi connectivity index (χ4v) is 3.48. The van der Waals surface area contributed by atoms with Crippen molar-refractivity contribution >= 4 is 28.2 Å². The molecule has 0 aliphatic rings. The summed E-state index contributed by atoms with van der Waals surface area (Å²) in [5, 5.41) is 7.61. The molecule has 29 heavy (non-hydrogen) atoms. The van der Waals surface area contributed by atoms with Crippen LogP contribution >= 0.6 is 0 Å². The monoisotopic (exact) mass is 384 g/mol. The van der Waals surface area contributed by atoms with Crippen molar-refractivity contribution in [3.63, 3.8) is 0 Å². The first-order valence-corrected chi connectivity index (χ1v) is 9.89. The largest absolute Gasteiger partial charge is 0.385 e. The lowest BCUT2D eigenvalue weighted by Gasteiger charge is -2.10. The van der Waals surface area contributed by atoms with Crippen molar-refractivity contribution in [1.82, 2.24) is 9.97 Å². The third-order valence-corrected chi connectivity index (χ3v) is 5.04. The zero-order valence-electron chi connectivity index (χ0n) is 16.4. The lowest BCUT2D eigenvalue weighted by Crippen LogP contribution is -2.15. The molecule has 4 rings (SSSR count). The van der Waals surface area contributed by atoms with Crippen molar-refractivity contribution in [2.24, 2.45) is 0 Å². The fourth-order valence-electron chi connectivity index (χ4n) is 3.48. The molecule has 5 heteroatoms. The van der Waals surface area contributed by atoms with Crippen LogP contribution in [0.25, 0.3) is 10.9 Å². The minimum Gasteiger partial charge on any atom is -0.385 e. The molecule has 2 aromatic heterocycles. The molecule has 0 saturated heterocycles. The number of aromatic nitrogens is 2. The lowest BCUT2D eigenvalue weighted by atomic mass is 10.1. The van der Waals surface area contributed by atoms with Gasteiger partial charge in [0.1, 0.15) is 5.69 Å².